The normalized spacial score (nSPS) is 17.0. The maximum atomic E-state index is 13.0. The minimum Gasteiger partial charge on any atom is -0.461 e. The second-order valence-corrected chi connectivity index (χ2v) is 7.18. The van der Waals surface area contributed by atoms with Gasteiger partial charge in [-0.2, -0.15) is 0 Å². The second-order valence-electron chi connectivity index (χ2n) is 7.18. The van der Waals surface area contributed by atoms with Crippen molar-refractivity contribution in [3.05, 3.63) is 47.7 Å². The van der Waals surface area contributed by atoms with Gasteiger partial charge in [-0.3, -0.25) is 4.79 Å². The first-order valence-corrected chi connectivity index (χ1v) is 9.25. The highest BCUT2D eigenvalue weighted by Crippen LogP contribution is 2.23. The number of benzene rings is 1. The number of nitrogens with zero attached hydrogens (tertiary/aromatic N) is 2. The zero-order valence-electron chi connectivity index (χ0n) is 15.9. The number of rotatable bonds is 7. The molecule has 5 heteroatoms. The average molecular weight is 356 g/mol. The molecule has 3 rings (SSSR count). The first-order valence-electron chi connectivity index (χ1n) is 9.25. The van der Waals surface area contributed by atoms with Gasteiger partial charge in [0, 0.05) is 37.4 Å². The van der Waals surface area contributed by atoms with Crippen LogP contribution in [0.4, 0.5) is 0 Å². The Morgan fingerprint density at radius 2 is 1.88 bits per heavy atom. The third-order valence-electron chi connectivity index (χ3n) is 4.71. The number of hydrogen-bond donors (Lipinski definition) is 0. The van der Waals surface area contributed by atoms with Crippen molar-refractivity contribution in [2.24, 2.45) is 0 Å². The van der Waals surface area contributed by atoms with Crippen LogP contribution in [0, 0.1) is 6.92 Å². The molecule has 1 atom stereocenters. The second kappa shape index (κ2) is 8.52. The summed E-state index contributed by atoms with van der Waals surface area (Å²) in [6, 6.07) is 11.6. The van der Waals surface area contributed by atoms with Crippen molar-refractivity contribution in [2.75, 3.05) is 40.3 Å². The van der Waals surface area contributed by atoms with Crippen LogP contribution in [0.15, 0.2) is 40.8 Å². The maximum Gasteiger partial charge on any atom is 0.253 e. The Morgan fingerprint density at radius 1 is 1.12 bits per heavy atom. The van der Waals surface area contributed by atoms with Crippen LogP contribution in [0.25, 0.3) is 11.3 Å². The number of hydrogen-bond acceptors (Lipinski definition) is 4. The fourth-order valence-corrected chi connectivity index (χ4v) is 3.18. The number of carbonyl (C=O) groups is 1. The maximum absolute atomic E-state index is 13.0. The SMILES string of the molecule is Cc1ccc(-c2ccc(C(=O)N(CCN(C)C)C[C@H]3CCCO3)cc2)o1. The van der Waals surface area contributed by atoms with Gasteiger partial charge in [0.25, 0.3) is 5.91 Å². The van der Waals surface area contributed by atoms with E-state index in [4.69, 9.17) is 9.15 Å². The topological polar surface area (TPSA) is 45.9 Å². The highest BCUT2D eigenvalue weighted by Gasteiger charge is 2.23. The van der Waals surface area contributed by atoms with E-state index in [0.29, 0.717) is 18.7 Å². The molecule has 0 saturated carbocycles. The Labute approximate surface area is 155 Å². The van der Waals surface area contributed by atoms with E-state index in [0.717, 1.165) is 43.1 Å². The zero-order chi connectivity index (χ0) is 18.5. The number of carbonyl (C=O) groups excluding carboxylic acids is 1. The van der Waals surface area contributed by atoms with Gasteiger partial charge >= 0.3 is 0 Å². The molecule has 2 heterocycles. The fourth-order valence-electron chi connectivity index (χ4n) is 3.18. The summed E-state index contributed by atoms with van der Waals surface area (Å²) in [5.74, 6) is 1.77. The van der Waals surface area contributed by atoms with Gasteiger partial charge in [-0.25, -0.2) is 0 Å². The summed E-state index contributed by atoms with van der Waals surface area (Å²) >= 11 is 0. The summed E-state index contributed by atoms with van der Waals surface area (Å²) in [6.07, 6.45) is 2.27. The van der Waals surface area contributed by atoms with E-state index in [1.54, 1.807) is 0 Å². The first-order chi connectivity index (χ1) is 12.5. The molecule has 0 aliphatic carbocycles. The highest BCUT2D eigenvalue weighted by molar-refractivity contribution is 5.94. The molecule has 1 aromatic heterocycles. The lowest BCUT2D eigenvalue weighted by Crippen LogP contribution is -2.41. The Balaban J connectivity index is 1.71. The third-order valence-corrected chi connectivity index (χ3v) is 4.71. The lowest BCUT2D eigenvalue weighted by molar-refractivity contribution is 0.0512. The molecule has 2 aromatic rings. The minimum absolute atomic E-state index is 0.0597. The van der Waals surface area contributed by atoms with E-state index in [1.807, 2.05) is 62.3 Å². The van der Waals surface area contributed by atoms with Crippen molar-refractivity contribution in [2.45, 2.75) is 25.9 Å². The van der Waals surface area contributed by atoms with Crippen LogP contribution in [0.3, 0.4) is 0 Å². The van der Waals surface area contributed by atoms with E-state index in [2.05, 4.69) is 4.90 Å². The van der Waals surface area contributed by atoms with Crippen molar-refractivity contribution in [3.63, 3.8) is 0 Å². The van der Waals surface area contributed by atoms with Crippen LogP contribution in [0.2, 0.25) is 0 Å². The molecule has 1 aliphatic rings. The molecule has 140 valence electrons. The molecular formula is C21H28N2O3. The highest BCUT2D eigenvalue weighted by atomic mass is 16.5. The van der Waals surface area contributed by atoms with Gasteiger partial charge in [0.1, 0.15) is 11.5 Å². The molecule has 0 N–H and O–H groups in total. The van der Waals surface area contributed by atoms with E-state index in [1.165, 1.54) is 0 Å². The molecule has 1 aliphatic heterocycles. The average Bonchev–Trinajstić information content (AvgIpc) is 3.29. The quantitative estimate of drug-likeness (QED) is 0.762. The predicted octanol–water partition coefficient (Wildman–Crippen LogP) is 3.44. The molecule has 0 radical (unpaired) electrons. The van der Waals surface area contributed by atoms with Crippen LogP contribution < -0.4 is 0 Å². The van der Waals surface area contributed by atoms with Crippen molar-refractivity contribution < 1.29 is 13.9 Å². The number of amides is 1. The molecule has 1 saturated heterocycles. The first kappa shape index (κ1) is 18.7. The van der Waals surface area contributed by atoms with Crippen LogP contribution in [0.5, 0.6) is 0 Å². The monoisotopic (exact) mass is 356 g/mol. The van der Waals surface area contributed by atoms with Crippen LogP contribution in [-0.4, -0.2) is 62.1 Å². The smallest absolute Gasteiger partial charge is 0.253 e. The Kier molecular flexibility index (Phi) is 6.12. The molecular weight excluding hydrogens is 328 g/mol. The van der Waals surface area contributed by atoms with Gasteiger partial charge in [0.2, 0.25) is 0 Å². The van der Waals surface area contributed by atoms with Crippen LogP contribution in [0.1, 0.15) is 29.0 Å². The van der Waals surface area contributed by atoms with Gasteiger partial charge in [-0.1, -0.05) is 12.1 Å². The molecule has 0 spiro atoms. The van der Waals surface area contributed by atoms with E-state index in [9.17, 15) is 4.79 Å². The number of likely N-dealkylation sites (N-methyl/N-ethyl adjacent to an activating group) is 1. The zero-order valence-corrected chi connectivity index (χ0v) is 15.9. The summed E-state index contributed by atoms with van der Waals surface area (Å²) in [5, 5.41) is 0. The summed E-state index contributed by atoms with van der Waals surface area (Å²) in [4.78, 5) is 17.0. The largest absolute Gasteiger partial charge is 0.461 e. The molecule has 0 unspecified atom stereocenters. The van der Waals surface area contributed by atoms with Crippen LogP contribution >= 0.6 is 0 Å². The standard InChI is InChI=1S/C21H28N2O3/c1-16-6-11-20(26-16)17-7-9-18(10-8-17)21(24)23(13-12-22(2)3)15-19-5-4-14-25-19/h6-11,19H,4-5,12-15H2,1-3H3/t19-/m1/s1. The number of ether oxygens (including phenoxy) is 1. The summed E-state index contributed by atoms with van der Waals surface area (Å²) in [7, 11) is 4.05. The molecule has 1 fully saturated rings. The Bertz CT molecular complexity index is 715. The van der Waals surface area contributed by atoms with E-state index >= 15 is 0 Å². The van der Waals surface area contributed by atoms with Gasteiger partial charge in [0.05, 0.1) is 6.10 Å². The molecule has 26 heavy (non-hydrogen) atoms. The fraction of sp³-hybridized carbons (Fsp3) is 0.476. The number of aryl methyl sites for hydroxylation is 1. The van der Waals surface area contributed by atoms with Gasteiger partial charge in [-0.05, 0) is 58.1 Å². The van der Waals surface area contributed by atoms with Gasteiger partial charge < -0.3 is 19.0 Å². The van der Waals surface area contributed by atoms with Gasteiger partial charge in [0.15, 0.2) is 0 Å². The Morgan fingerprint density at radius 3 is 2.46 bits per heavy atom. The lowest BCUT2D eigenvalue weighted by Gasteiger charge is -2.27. The third kappa shape index (κ3) is 4.74. The van der Waals surface area contributed by atoms with Gasteiger partial charge in [-0.15, -0.1) is 0 Å². The molecule has 1 amide bonds. The van der Waals surface area contributed by atoms with E-state index in [-0.39, 0.29) is 12.0 Å². The Hall–Kier alpha value is -2.11. The summed E-state index contributed by atoms with van der Waals surface area (Å²) in [5.41, 5.74) is 1.68. The van der Waals surface area contributed by atoms with Crippen molar-refractivity contribution in [1.82, 2.24) is 9.80 Å². The number of furan rings is 1. The molecule has 5 nitrogen and oxygen atoms in total. The summed E-state index contributed by atoms with van der Waals surface area (Å²) < 4.78 is 11.4. The molecule has 1 aromatic carbocycles. The van der Waals surface area contributed by atoms with Crippen molar-refractivity contribution in [3.8, 4) is 11.3 Å². The van der Waals surface area contributed by atoms with Crippen molar-refractivity contribution in [1.29, 1.82) is 0 Å². The van der Waals surface area contributed by atoms with Crippen molar-refractivity contribution >= 4 is 5.91 Å². The minimum atomic E-state index is 0.0597. The van der Waals surface area contributed by atoms with E-state index < -0.39 is 0 Å². The van der Waals surface area contributed by atoms with Crippen LogP contribution in [-0.2, 0) is 4.74 Å². The lowest BCUT2D eigenvalue weighted by atomic mass is 10.1. The molecule has 0 bridgehead atoms. The summed E-state index contributed by atoms with van der Waals surface area (Å²) in [6.45, 7) is 4.92. The predicted molar refractivity (Wildman–Crippen MR) is 102 cm³/mol.